The number of carbonyl (C=O) groups is 2. The number of morpholine rings is 1. The first kappa shape index (κ1) is 19.8. The highest BCUT2D eigenvalue weighted by Crippen LogP contribution is 2.29. The van der Waals surface area contributed by atoms with Crippen molar-refractivity contribution in [2.24, 2.45) is 0 Å². The molecule has 30 heavy (non-hydrogen) atoms. The highest BCUT2D eigenvalue weighted by molar-refractivity contribution is 5.86. The van der Waals surface area contributed by atoms with Crippen molar-refractivity contribution in [1.82, 2.24) is 20.5 Å². The summed E-state index contributed by atoms with van der Waals surface area (Å²) >= 11 is 0. The number of hydrogen-bond donors (Lipinski definition) is 1. The monoisotopic (exact) mass is 406 g/mol. The Morgan fingerprint density at radius 1 is 1.13 bits per heavy atom. The van der Waals surface area contributed by atoms with Crippen LogP contribution in [0.15, 0.2) is 59.2 Å². The molecule has 0 bridgehead atoms. The summed E-state index contributed by atoms with van der Waals surface area (Å²) in [7, 11) is 1.68. The van der Waals surface area contributed by atoms with E-state index < -0.39 is 12.1 Å². The van der Waals surface area contributed by atoms with Gasteiger partial charge in [0.05, 0.1) is 12.6 Å². The van der Waals surface area contributed by atoms with Crippen LogP contribution in [0, 0.1) is 6.92 Å². The van der Waals surface area contributed by atoms with Crippen LogP contribution in [0.5, 0.6) is 0 Å². The maximum Gasteiger partial charge on any atom is 0.252 e. The predicted molar refractivity (Wildman–Crippen MR) is 108 cm³/mol. The van der Waals surface area contributed by atoms with Crippen molar-refractivity contribution < 1.29 is 19.0 Å². The molecular formula is C22H22N4O4. The van der Waals surface area contributed by atoms with Gasteiger partial charge in [-0.05, 0) is 17.6 Å². The first-order valence-electron chi connectivity index (χ1n) is 9.63. The molecule has 0 radical (unpaired) electrons. The van der Waals surface area contributed by atoms with Gasteiger partial charge < -0.3 is 15.0 Å². The van der Waals surface area contributed by atoms with E-state index in [0.717, 1.165) is 16.7 Å². The summed E-state index contributed by atoms with van der Waals surface area (Å²) in [6, 6.07) is 16.7. The van der Waals surface area contributed by atoms with Crippen LogP contribution in [0.1, 0.15) is 22.9 Å². The molecule has 154 valence electrons. The number of benzene rings is 2. The Kier molecular flexibility index (Phi) is 5.58. The SMILES string of the molecule is Cc1ccc(-c2nonc2CNC(=O)C2OCC(=O)N(C)C2c2ccccc2)cc1. The third kappa shape index (κ3) is 3.95. The average Bonchev–Trinajstić information content (AvgIpc) is 3.23. The van der Waals surface area contributed by atoms with Crippen LogP contribution in [0.3, 0.4) is 0 Å². The molecule has 0 saturated carbocycles. The van der Waals surface area contributed by atoms with Crippen molar-refractivity contribution in [3.63, 3.8) is 0 Å². The van der Waals surface area contributed by atoms with Gasteiger partial charge in [0.15, 0.2) is 6.10 Å². The molecule has 1 aliphatic heterocycles. The zero-order chi connectivity index (χ0) is 21.1. The number of ether oxygens (including phenoxy) is 1. The lowest BCUT2D eigenvalue weighted by Gasteiger charge is -2.38. The number of aromatic nitrogens is 2. The standard InChI is InChI=1S/C22H22N4O4/c1-14-8-10-15(11-9-14)19-17(24-30-25-19)12-23-22(28)21-20(16-6-4-3-5-7-16)26(2)18(27)13-29-21/h3-11,20-21H,12-13H2,1-2H3,(H,23,28). The fraction of sp³-hybridized carbons (Fsp3) is 0.273. The predicted octanol–water partition coefficient (Wildman–Crippen LogP) is 2.26. The smallest absolute Gasteiger partial charge is 0.252 e. The molecule has 4 rings (SSSR count). The summed E-state index contributed by atoms with van der Waals surface area (Å²) in [5.74, 6) is -0.503. The molecule has 2 atom stereocenters. The van der Waals surface area contributed by atoms with Gasteiger partial charge in [-0.15, -0.1) is 0 Å². The lowest BCUT2D eigenvalue weighted by Crippen LogP contribution is -2.52. The number of aryl methyl sites for hydroxylation is 1. The quantitative estimate of drug-likeness (QED) is 0.698. The van der Waals surface area contributed by atoms with Crippen molar-refractivity contribution in [3.05, 3.63) is 71.4 Å². The molecule has 0 spiro atoms. The van der Waals surface area contributed by atoms with Crippen LogP contribution in [0.25, 0.3) is 11.3 Å². The fourth-order valence-electron chi connectivity index (χ4n) is 3.50. The topological polar surface area (TPSA) is 97.6 Å². The molecule has 8 heteroatoms. The first-order valence-corrected chi connectivity index (χ1v) is 9.63. The van der Waals surface area contributed by atoms with Gasteiger partial charge in [-0.1, -0.05) is 65.3 Å². The van der Waals surface area contributed by atoms with E-state index in [1.807, 2.05) is 61.5 Å². The third-order valence-electron chi connectivity index (χ3n) is 5.19. The van der Waals surface area contributed by atoms with Gasteiger partial charge in [-0.3, -0.25) is 9.59 Å². The molecule has 1 fully saturated rings. The molecule has 1 aliphatic rings. The van der Waals surface area contributed by atoms with Gasteiger partial charge in [0.25, 0.3) is 5.91 Å². The normalized spacial score (nSPS) is 19.0. The Hall–Kier alpha value is -3.52. The molecule has 1 N–H and O–H groups in total. The van der Waals surface area contributed by atoms with Crippen molar-refractivity contribution in [3.8, 4) is 11.3 Å². The molecule has 1 aromatic heterocycles. The van der Waals surface area contributed by atoms with Crippen LogP contribution in [0.2, 0.25) is 0 Å². The van der Waals surface area contributed by atoms with Gasteiger partial charge in [0, 0.05) is 12.6 Å². The molecule has 2 amide bonds. The number of amides is 2. The Morgan fingerprint density at radius 3 is 2.60 bits per heavy atom. The largest absolute Gasteiger partial charge is 0.356 e. The number of nitrogens with one attached hydrogen (secondary N) is 1. The van der Waals surface area contributed by atoms with Crippen molar-refractivity contribution >= 4 is 11.8 Å². The molecule has 0 aliphatic carbocycles. The van der Waals surface area contributed by atoms with Crippen molar-refractivity contribution in [1.29, 1.82) is 0 Å². The molecule has 2 aromatic carbocycles. The summed E-state index contributed by atoms with van der Waals surface area (Å²) in [5, 5.41) is 10.7. The minimum Gasteiger partial charge on any atom is -0.356 e. The van der Waals surface area contributed by atoms with E-state index in [0.29, 0.717) is 11.4 Å². The van der Waals surface area contributed by atoms with E-state index in [-0.39, 0.29) is 25.0 Å². The second-order valence-electron chi connectivity index (χ2n) is 7.24. The second-order valence-corrected chi connectivity index (χ2v) is 7.24. The highest BCUT2D eigenvalue weighted by atomic mass is 16.6. The van der Waals surface area contributed by atoms with Gasteiger partial charge >= 0.3 is 0 Å². The van der Waals surface area contributed by atoms with Crippen molar-refractivity contribution in [2.45, 2.75) is 25.6 Å². The van der Waals surface area contributed by atoms with E-state index in [2.05, 4.69) is 15.6 Å². The average molecular weight is 406 g/mol. The summed E-state index contributed by atoms with van der Waals surface area (Å²) < 4.78 is 10.5. The fourth-order valence-corrected chi connectivity index (χ4v) is 3.50. The lowest BCUT2D eigenvalue weighted by atomic mass is 9.97. The van der Waals surface area contributed by atoms with Crippen LogP contribution in [-0.2, 0) is 20.9 Å². The van der Waals surface area contributed by atoms with Gasteiger partial charge in [0.2, 0.25) is 5.91 Å². The lowest BCUT2D eigenvalue weighted by molar-refractivity contribution is -0.162. The van der Waals surface area contributed by atoms with E-state index in [4.69, 9.17) is 9.37 Å². The maximum absolute atomic E-state index is 13.0. The molecule has 2 unspecified atom stereocenters. The zero-order valence-electron chi connectivity index (χ0n) is 16.7. The van der Waals surface area contributed by atoms with Gasteiger partial charge in [-0.25, -0.2) is 4.63 Å². The first-order chi connectivity index (χ1) is 14.5. The maximum atomic E-state index is 13.0. The number of rotatable bonds is 5. The second kappa shape index (κ2) is 8.46. The summed E-state index contributed by atoms with van der Waals surface area (Å²) in [6.45, 7) is 1.99. The molecule has 3 aromatic rings. The van der Waals surface area contributed by atoms with Crippen LogP contribution in [0.4, 0.5) is 0 Å². The summed E-state index contributed by atoms with van der Waals surface area (Å²) in [6.07, 6.45) is -0.835. The van der Waals surface area contributed by atoms with E-state index >= 15 is 0 Å². The van der Waals surface area contributed by atoms with Crippen LogP contribution >= 0.6 is 0 Å². The Labute approximate surface area is 173 Å². The van der Waals surface area contributed by atoms with Gasteiger partial charge in [0.1, 0.15) is 18.0 Å². The number of carbonyl (C=O) groups excluding carboxylic acids is 2. The third-order valence-corrected chi connectivity index (χ3v) is 5.19. The van der Waals surface area contributed by atoms with Gasteiger partial charge in [-0.2, -0.15) is 0 Å². The molecular weight excluding hydrogens is 384 g/mol. The zero-order valence-corrected chi connectivity index (χ0v) is 16.7. The van der Waals surface area contributed by atoms with E-state index in [9.17, 15) is 9.59 Å². The molecule has 8 nitrogen and oxygen atoms in total. The van der Waals surface area contributed by atoms with Crippen molar-refractivity contribution in [2.75, 3.05) is 13.7 Å². The number of nitrogens with zero attached hydrogens (tertiary/aromatic N) is 3. The molecule has 1 saturated heterocycles. The Bertz CT molecular complexity index is 1030. The summed E-state index contributed by atoms with van der Waals surface area (Å²) in [4.78, 5) is 26.7. The number of likely N-dealkylation sites (N-methyl/N-ethyl adjacent to an activating group) is 1. The van der Waals surface area contributed by atoms with Crippen LogP contribution in [-0.4, -0.2) is 46.8 Å². The van der Waals surface area contributed by atoms with E-state index in [1.165, 1.54) is 0 Å². The summed E-state index contributed by atoms with van der Waals surface area (Å²) in [5.41, 5.74) is 3.91. The number of hydrogen-bond acceptors (Lipinski definition) is 6. The van der Waals surface area contributed by atoms with Crippen LogP contribution < -0.4 is 5.32 Å². The highest BCUT2D eigenvalue weighted by Gasteiger charge is 2.40. The Morgan fingerprint density at radius 2 is 1.87 bits per heavy atom. The minimum absolute atomic E-state index is 0.130. The minimum atomic E-state index is -0.835. The molecule has 2 heterocycles. The Balaban J connectivity index is 1.50. The van der Waals surface area contributed by atoms with E-state index in [1.54, 1.807) is 11.9 Å².